The molecule has 0 saturated carbocycles. The minimum atomic E-state index is -2.29. The minimum Gasteiger partial charge on any atom is -0.394 e. The Labute approximate surface area is 363 Å². The highest BCUT2D eigenvalue weighted by molar-refractivity contribution is 7.85. The second-order valence-corrected chi connectivity index (χ2v) is 17.4. The van der Waals surface area contributed by atoms with Gasteiger partial charge in [-0.3, -0.25) is 47.4 Å². The van der Waals surface area contributed by atoms with E-state index < -0.39 is 176 Å². The molecule has 3 aliphatic heterocycles. The highest BCUT2D eigenvalue weighted by atomic mass is 32.2. The number of para-hydroxylation sites is 1. The molecule has 23 nitrogen and oxygen atoms in total. The van der Waals surface area contributed by atoms with Gasteiger partial charge in [-0.1, -0.05) is 45.4 Å². The van der Waals surface area contributed by atoms with Crippen molar-refractivity contribution in [3.63, 3.8) is 0 Å². The smallest absolute Gasteiger partial charge is 0.246 e. The van der Waals surface area contributed by atoms with Crippen molar-refractivity contribution < 1.29 is 62.7 Å². The van der Waals surface area contributed by atoms with E-state index in [2.05, 4.69) is 42.2 Å². The van der Waals surface area contributed by atoms with Crippen molar-refractivity contribution in [2.24, 2.45) is 17.6 Å². The van der Waals surface area contributed by atoms with Gasteiger partial charge in [0.15, 0.2) is 0 Å². The predicted octanol–water partition coefficient (Wildman–Crippen LogP) is -5.63. The van der Waals surface area contributed by atoms with E-state index in [4.69, 9.17) is 5.73 Å². The van der Waals surface area contributed by atoms with E-state index in [1.807, 2.05) is 0 Å². The van der Waals surface area contributed by atoms with Crippen molar-refractivity contribution in [2.45, 2.75) is 99.9 Å². The van der Waals surface area contributed by atoms with E-state index in [9.17, 15) is 62.7 Å². The molecule has 13 N–H and O–H groups in total. The van der Waals surface area contributed by atoms with Crippen LogP contribution in [0, 0.1) is 11.8 Å². The summed E-state index contributed by atoms with van der Waals surface area (Å²) in [6.07, 6.45) is -4.24. The number of primary amides is 1. The highest BCUT2D eigenvalue weighted by Gasteiger charge is 2.45. The van der Waals surface area contributed by atoms with Gasteiger partial charge in [0, 0.05) is 36.2 Å². The van der Waals surface area contributed by atoms with Crippen LogP contribution >= 0.6 is 0 Å². The molecule has 1 aromatic carbocycles. The Hall–Kier alpha value is -5.98. The molecule has 11 atom stereocenters. The van der Waals surface area contributed by atoms with Crippen LogP contribution < -0.4 is 43.0 Å². The maximum Gasteiger partial charge on any atom is 0.246 e. The molecule has 5 rings (SSSR count). The SMILES string of the molecule is CC[C@H](C)[C@@H]1NC(=O)CNC(=O)[C@@H]2Cc3c([nH]c4ccccc34)S(=O)C[C@H](NC(=O)CNC1=O)C(=O)N[C@@H](CC(N)=O)C(=O)N1C[C@H](O)C[C@H]1C(=O)N[C@@H]([C@@H](C)[C@@H](O)CO)C(=O)N2. The van der Waals surface area contributed by atoms with Gasteiger partial charge in [-0.25, -0.2) is 0 Å². The molecule has 63 heavy (non-hydrogen) atoms. The molecule has 344 valence electrons. The zero-order valence-electron chi connectivity index (χ0n) is 34.8. The molecule has 24 heteroatoms. The number of nitrogens with zero attached hydrogens (tertiary/aromatic N) is 1. The maximum atomic E-state index is 14.5. The molecule has 3 aliphatic rings. The first-order valence-electron chi connectivity index (χ1n) is 20.4. The zero-order valence-corrected chi connectivity index (χ0v) is 35.6. The Kier molecular flexibility index (Phi) is 16.0. The van der Waals surface area contributed by atoms with Gasteiger partial charge >= 0.3 is 0 Å². The van der Waals surface area contributed by atoms with Gasteiger partial charge in [0.1, 0.15) is 41.3 Å². The summed E-state index contributed by atoms with van der Waals surface area (Å²) in [6.45, 7) is 1.90. The Morgan fingerprint density at radius 2 is 1.52 bits per heavy atom. The summed E-state index contributed by atoms with van der Waals surface area (Å²) < 4.78 is 14.5. The fourth-order valence-electron chi connectivity index (χ4n) is 7.66. The number of H-pyrrole nitrogens is 1. The number of aromatic nitrogens is 1. The summed E-state index contributed by atoms with van der Waals surface area (Å²) >= 11 is 0. The number of aromatic amines is 1. The topological polar surface area (TPSA) is 361 Å². The number of aliphatic hydroxyl groups excluding tert-OH is 3. The third-order valence-corrected chi connectivity index (χ3v) is 12.9. The van der Waals surface area contributed by atoms with Crippen LogP contribution in [0.2, 0.25) is 0 Å². The molecule has 1 unspecified atom stereocenters. The van der Waals surface area contributed by atoms with Crippen molar-refractivity contribution >= 4 is 74.9 Å². The van der Waals surface area contributed by atoms with E-state index in [1.165, 1.54) is 6.92 Å². The molecule has 4 heterocycles. The van der Waals surface area contributed by atoms with Crippen LogP contribution in [0.4, 0.5) is 0 Å². The number of benzene rings is 1. The summed E-state index contributed by atoms with van der Waals surface area (Å²) in [4.78, 5) is 127. The molecule has 1 fully saturated rings. The van der Waals surface area contributed by atoms with Crippen LogP contribution in [0.1, 0.15) is 45.6 Å². The lowest BCUT2D eigenvalue weighted by molar-refractivity contribution is -0.144. The van der Waals surface area contributed by atoms with Crippen LogP contribution in [-0.2, 0) is 60.4 Å². The summed E-state index contributed by atoms with van der Waals surface area (Å²) in [5.74, 6) is -11.4. The van der Waals surface area contributed by atoms with Gasteiger partial charge in [-0.2, -0.15) is 0 Å². The molecular formula is C39H54N10O13S. The minimum absolute atomic E-state index is 0.0625. The lowest BCUT2D eigenvalue weighted by atomic mass is 9.93. The van der Waals surface area contributed by atoms with Crippen molar-refractivity contribution in [1.82, 2.24) is 47.1 Å². The van der Waals surface area contributed by atoms with Gasteiger partial charge < -0.3 is 68.2 Å². The van der Waals surface area contributed by atoms with Crippen molar-refractivity contribution in [1.29, 1.82) is 0 Å². The lowest BCUT2D eigenvalue weighted by Gasteiger charge is -2.32. The Morgan fingerprint density at radius 1 is 0.857 bits per heavy atom. The molecule has 0 spiro atoms. The first-order chi connectivity index (χ1) is 29.8. The molecule has 2 aromatic rings. The average molecular weight is 903 g/mol. The van der Waals surface area contributed by atoms with E-state index >= 15 is 0 Å². The van der Waals surface area contributed by atoms with Crippen LogP contribution in [0.5, 0.6) is 0 Å². The quantitative estimate of drug-likeness (QED) is 0.124. The van der Waals surface area contributed by atoms with Crippen molar-refractivity contribution in [3.05, 3.63) is 29.8 Å². The first kappa shape index (κ1) is 48.1. The largest absolute Gasteiger partial charge is 0.394 e. The lowest BCUT2D eigenvalue weighted by Crippen LogP contribution is -2.62. The predicted molar refractivity (Wildman–Crippen MR) is 221 cm³/mol. The Balaban J connectivity index is 1.72. The van der Waals surface area contributed by atoms with Gasteiger partial charge in [-0.15, -0.1) is 0 Å². The molecule has 2 bridgehead atoms. The van der Waals surface area contributed by atoms with E-state index in [-0.39, 0.29) is 10.6 Å². The van der Waals surface area contributed by atoms with Crippen LogP contribution in [0.15, 0.2) is 29.3 Å². The number of nitrogens with two attached hydrogens (primary N) is 1. The molecular weight excluding hydrogens is 849 g/mol. The standard InChI is InChI=1S/C39H54N10O13S/c1-4-17(2)31-36(59)42-12-29(54)43-25-16-63(62)38-21(20-7-5-6-8-22(20)46-38)10-23(33(56)41-13-30(55)47-31)44-37(60)32(18(3)27(52)15-50)48-35(58)26-9-19(51)14-49(26)39(61)24(11-28(40)53)45-34(25)57/h5-8,17-19,23-27,31-32,46,50-52H,4,9-16H2,1-3H3,(H2,40,53)(H,41,56)(H,42,59)(H,43,54)(H,44,60)(H,45,57)(H,47,55)(H,48,58)/t17-,18-,19+,23-,24-,25-,26-,27-,31-,32-,63?/m0/s1. The highest BCUT2D eigenvalue weighted by Crippen LogP contribution is 2.28. The van der Waals surface area contributed by atoms with Gasteiger partial charge in [0.25, 0.3) is 0 Å². The Morgan fingerprint density at radius 3 is 2.19 bits per heavy atom. The summed E-state index contributed by atoms with van der Waals surface area (Å²) in [5, 5.41) is 48.9. The molecule has 1 saturated heterocycles. The van der Waals surface area contributed by atoms with E-state index in [1.54, 1.807) is 38.1 Å². The fraction of sp³-hybridized carbons (Fsp3) is 0.564. The third-order valence-electron chi connectivity index (χ3n) is 11.5. The maximum absolute atomic E-state index is 14.5. The molecule has 9 amide bonds. The number of hydrogen-bond donors (Lipinski definition) is 12. The van der Waals surface area contributed by atoms with Gasteiger partial charge in [-0.05, 0) is 17.5 Å². The van der Waals surface area contributed by atoms with Crippen LogP contribution in [0.25, 0.3) is 10.9 Å². The van der Waals surface area contributed by atoms with Crippen LogP contribution in [-0.4, -0.2) is 163 Å². The average Bonchev–Trinajstić information content (AvgIpc) is 3.83. The fourth-order valence-corrected chi connectivity index (χ4v) is 9.05. The first-order valence-corrected chi connectivity index (χ1v) is 21.7. The number of carbonyl (C=O) groups is 9. The Bertz CT molecular complexity index is 2150. The normalized spacial score (nSPS) is 28.8. The number of fused-ring (bicyclic) bond motifs is 5. The molecule has 0 radical (unpaired) electrons. The number of nitrogens with one attached hydrogen (secondary N) is 8. The second-order valence-electron chi connectivity index (χ2n) is 16.0. The van der Waals surface area contributed by atoms with E-state index in [0.717, 1.165) is 4.90 Å². The second kappa shape index (κ2) is 20.9. The van der Waals surface area contributed by atoms with Crippen LogP contribution in [0.3, 0.4) is 0 Å². The number of aliphatic hydroxyl groups is 3. The number of hydrogen-bond acceptors (Lipinski definition) is 13. The number of amides is 9. The summed E-state index contributed by atoms with van der Waals surface area (Å²) in [5.41, 5.74) is 6.08. The summed E-state index contributed by atoms with van der Waals surface area (Å²) in [7, 11) is -2.29. The van der Waals surface area contributed by atoms with Crippen molar-refractivity contribution in [3.8, 4) is 0 Å². The van der Waals surface area contributed by atoms with Gasteiger partial charge in [0.2, 0.25) is 53.2 Å². The number of rotatable bonds is 7. The molecule has 0 aliphatic carbocycles. The van der Waals surface area contributed by atoms with Gasteiger partial charge in [0.05, 0.1) is 54.9 Å². The molecule has 1 aromatic heterocycles. The third kappa shape index (κ3) is 11.5. The van der Waals surface area contributed by atoms with E-state index in [0.29, 0.717) is 17.3 Å². The summed E-state index contributed by atoms with van der Waals surface area (Å²) in [6, 6.07) is -3.18. The zero-order chi connectivity index (χ0) is 46.3. The monoisotopic (exact) mass is 902 g/mol. The van der Waals surface area contributed by atoms with Crippen molar-refractivity contribution in [2.75, 3.05) is 32.0 Å². The number of carbonyl (C=O) groups excluding carboxylic acids is 9.